The summed E-state index contributed by atoms with van der Waals surface area (Å²) < 4.78 is 0. The van der Waals surface area contributed by atoms with Gasteiger partial charge in [0.25, 0.3) is 0 Å². The Hall–Kier alpha value is -0.770. The van der Waals surface area contributed by atoms with E-state index in [0.717, 1.165) is 31.7 Å². The van der Waals surface area contributed by atoms with Crippen LogP contribution in [0.2, 0.25) is 0 Å². The van der Waals surface area contributed by atoms with Crippen molar-refractivity contribution in [2.45, 2.75) is 58.4 Å². The molecule has 2 N–H and O–H groups in total. The molecule has 0 aliphatic carbocycles. The maximum Gasteiger partial charge on any atom is 0.317 e. The van der Waals surface area contributed by atoms with E-state index in [9.17, 15) is 4.79 Å². The van der Waals surface area contributed by atoms with E-state index in [-0.39, 0.29) is 18.2 Å². The number of nitrogens with one attached hydrogen (secondary N) is 1. The minimum atomic E-state index is -0.0214. The molecule has 0 saturated carbocycles. The molecule has 0 bridgehead atoms. The molecule has 2 unspecified atom stereocenters. The van der Waals surface area contributed by atoms with Crippen molar-refractivity contribution in [2.75, 3.05) is 19.7 Å². The van der Waals surface area contributed by atoms with Crippen LogP contribution < -0.4 is 5.32 Å². The molecule has 1 heterocycles. The summed E-state index contributed by atoms with van der Waals surface area (Å²) >= 11 is 0. The summed E-state index contributed by atoms with van der Waals surface area (Å²) in [7, 11) is 0. The lowest BCUT2D eigenvalue weighted by Crippen LogP contribution is -2.60. The molecule has 1 saturated heterocycles. The molecule has 0 radical (unpaired) electrons. The predicted molar refractivity (Wildman–Crippen MR) is 73.5 cm³/mol. The van der Waals surface area contributed by atoms with Crippen LogP contribution in [0.1, 0.15) is 52.9 Å². The summed E-state index contributed by atoms with van der Waals surface area (Å²) in [5, 5.41) is 12.1. The van der Waals surface area contributed by atoms with Crippen LogP contribution >= 0.6 is 0 Å². The second kappa shape index (κ2) is 6.98. The first-order chi connectivity index (χ1) is 8.56. The molecule has 1 rings (SSSR count). The summed E-state index contributed by atoms with van der Waals surface area (Å²) in [6, 6.07) is -0.0127. The molecule has 4 heteroatoms. The van der Waals surface area contributed by atoms with Crippen LogP contribution in [0.4, 0.5) is 4.79 Å². The smallest absolute Gasteiger partial charge is 0.317 e. The summed E-state index contributed by atoms with van der Waals surface area (Å²) in [4.78, 5) is 13.7. The highest BCUT2D eigenvalue weighted by Crippen LogP contribution is 2.28. The van der Waals surface area contributed by atoms with Crippen LogP contribution in [0.25, 0.3) is 0 Å². The van der Waals surface area contributed by atoms with E-state index in [2.05, 4.69) is 26.1 Å². The number of nitrogens with zero attached hydrogens (tertiary/aromatic N) is 1. The van der Waals surface area contributed by atoms with E-state index in [1.54, 1.807) is 4.90 Å². The van der Waals surface area contributed by atoms with Gasteiger partial charge in [-0.2, -0.15) is 0 Å². The van der Waals surface area contributed by atoms with Crippen LogP contribution in [0.15, 0.2) is 0 Å². The zero-order chi connectivity index (χ0) is 13.6. The average molecular weight is 256 g/mol. The number of carbonyl (C=O) groups excluding carboxylic acids is 1. The van der Waals surface area contributed by atoms with Gasteiger partial charge in [-0.05, 0) is 31.6 Å². The molecule has 2 atom stereocenters. The fourth-order valence-corrected chi connectivity index (χ4v) is 2.51. The standard InChI is InChI=1S/C14H28N2O2/c1-4-12(3)6-7-14(5-2)8-9-16(10-11-17)13(18)15-14/h12,17H,4-11H2,1-3H3,(H,15,18). The van der Waals surface area contributed by atoms with Crippen molar-refractivity contribution in [3.05, 3.63) is 0 Å². The Bertz CT molecular complexity index is 271. The summed E-state index contributed by atoms with van der Waals surface area (Å²) in [6.45, 7) is 7.88. The Labute approximate surface area is 111 Å². The van der Waals surface area contributed by atoms with Gasteiger partial charge in [0, 0.05) is 18.6 Å². The normalized spacial score (nSPS) is 26.0. The predicted octanol–water partition coefficient (Wildman–Crippen LogP) is 2.37. The minimum Gasteiger partial charge on any atom is -0.395 e. The number of amides is 2. The van der Waals surface area contributed by atoms with Gasteiger partial charge < -0.3 is 15.3 Å². The lowest BCUT2D eigenvalue weighted by atomic mass is 9.82. The first-order valence-corrected chi connectivity index (χ1v) is 7.25. The van der Waals surface area contributed by atoms with Crippen LogP contribution in [0, 0.1) is 5.92 Å². The second-order valence-corrected chi connectivity index (χ2v) is 5.58. The largest absolute Gasteiger partial charge is 0.395 e. The third-order valence-electron chi connectivity index (χ3n) is 4.38. The van der Waals surface area contributed by atoms with Gasteiger partial charge in [-0.3, -0.25) is 0 Å². The second-order valence-electron chi connectivity index (χ2n) is 5.58. The Balaban J connectivity index is 2.54. The van der Waals surface area contributed by atoms with Gasteiger partial charge in [-0.1, -0.05) is 27.2 Å². The van der Waals surface area contributed by atoms with Crippen molar-refractivity contribution < 1.29 is 9.90 Å². The van der Waals surface area contributed by atoms with E-state index in [0.29, 0.717) is 6.54 Å². The van der Waals surface area contributed by atoms with Gasteiger partial charge in [0.1, 0.15) is 0 Å². The molecular formula is C14H28N2O2. The quantitative estimate of drug-likeness (QED) is 0.734. The molecule has 106 valence electrons. The SMILES string of the molecule is CCC(C)CCC1(CC)CCN(CCO)C(=O)N1. The molecule has 0 aromatic rings. The maximum absolute atomic E-state index is 12.0. The van der Waals surface area contributed by atoms with E-state index >= 15 is 0 Å². The Morgan fingerprint density at radius 3 is 2.72 bits per heavy atom. The van der Waals surface area contributed by atoms with Gasteiger partial charge >= 0.3 is 6.03 Å². The summed E-state index contributed by atoms with van der Waals surface area (Å²) in [5.74, 6) is 0.723. The van der Waals surface area contributed by atoms with Gasteiger partial charge in [0.15, 0.2) is 0 Å². The van der Waals surface area contributed by atoms with Crippen LogP contribution in [0.5, 0.6) is 0 Å². The highest BCUT2D eigenvalue weighted by atomic mass is 16.3. The number of aliphatic hydroxyl groups is 1. The molecule has 1 aliphatic heterocycles. The van der Waals surface area contributed by atoms with E-state index in [1.807, 2.05) is 0 Å². The fourth-order valence-electron chi connectivity index (χ4n) is 2.51. The molecule has 0 aromatic heterocycles. The van der Waals surface area contributed by atoms with E-state index in [1.165, 1.54) is 12.8 Å². The topological polar surface area (TPSA) is 52.6 Å². The Morgan fingerprint density at radius 1 is 1.50 bits per heavy atom. The van der Waals surface area contributed by atoms with Crippen molar-refractivity contribution in [1.29, 1.82) is 0 Å². The van der Waals surface area contributed by atoms with Crippen molar-refractivity contribution in [3.63, 3.8) is 0 Å². The van der Waals surface area contributed by atoms with E-state index < -0.39 is 0 Å². The molecule has 2 amide bonds. The molecule has 0 spiro atoms. The molecule has 18 heavy (non-hydrogen) atoms. The van der Waals surface area contributed by atoms with Gasteiger partial charge in [0.2, 0.25) is 0 Å². The fraction of sp³-hybridized carbons (Fsp3) is 0.929. The molecule has 1 fully saturated rings. The number of aliphatic hydroxyl groups excluding tert-OH is 1. The third-order valence-corrected chi connectivity index (χ3v) is 4.38. The van der Waals surface area contributed by atoms with Crippen LogP contribution in [0.3, 0.4) is 0 Å². The third kappa shape index (κ3) is 3.87. The summed E-state index contributed by atoms with van der Waals surface area (Å²) in [5.41, 5.74) is -0.0214. The zero-order valence-corrected chi connectivity index (χ0v) is 12.0. The lowest BCUT2D eigenvalue weighted by molar-refractivity contribution is 0.122. The highest BCUT2D eigenvalue weighted by Gasteiger charge is 2.36. The van der Waals surface area contributed by atoms with Gasteiger partial charge in [-0.15, -0.1) is 0 Å². The zero-order valence-electron chi connectivity index (χ0n) is 12.0. The number of β-amino-alcohol motifs (C(OH)–C–C–N with tert-alkyl or cyclic N) is 1. The maximum atomic E-state index is 12.0. The van der Waals surface area contributed by atoms with Crippen LogP contribution in [-0.2, 0) is 0 Å². The number of urea groups is 1. The molecule has 0 aromatic carbocycles. The average Bonchev–Trinajstić information content (AvgIpc) is 2.39. The van der Waals surface area contributed by atoms with Crippen LogP contribution in [-0.4, -0.2) is 41.3 Å². The van der Waals surface area contributed by atoms with E-state index in [4.69, 9.17) is 5.11 Å². The monoisotopic (exact) mass is 256 g/mol. The minimum absolute atomic E-state index is 0.0127. The highest BCUT2D eigenvalue weighted by molar-refractivity contribution is 5.76. The van der Waals surface area contributed by atoms with Crippen molar-refractivity contribution in [1.82, 2.24) is 10.2 Å². The Morgan fingerprint density at radius 2 is 2.22 bits per heavy atom. The number of hydrogen-bond donors (Lipinski definition) is 2. The van der Waals surface area contributed by atoms with Crippen molar-refractivity contribution in [2.24, 2.45) is 5.92 Å². The molecule has 1 aliphatic rings. The first kappa shape index (κ1) is 15.3. The van der Waals surface area contributed by atoms with Gasteiger partial charge in [-0.25, -0.2) is 4.79 Å². The van der Waals surface area contributed by atoms with Gasteiger partial charge in [0.05, 0.1) is 6.61 Å². The first-order valence-electron chi connectivity index (χ1n) is 7.25. The van der Waals surface area contributed by atoms with Crippen molar-refractivity contribution in [3.8, 4) is 0 Å². The van der Waals surface area contributed by atoms with Crippen molar-refractivity contribution >= 4 is 6.03 Å². The lowest BCUT2D eigenvalue weighted by Gasteiger charge is -2.42. The summed E-state index contributed by atoms with van der Waals surface area (Å²) in [6.07, 6.45) is 5.42. The molecular weight excluding hydrogens is 228 g/mol. The molecule has 4 nitrogen and oxygen atoms in total. The number of carbonyl (C=O) groups is 1. The number of hydrogen-bond acceptors (Lipinski definition) is 2. The Kier molecular flexibility index (Phi) is 5.93. The number of rotatable bonds is 7.